The number of carboxylic acids is 1. The van der Waals surface area contributed by atoms with Gasteiger partial charge in [-0.2, -0.15) is 0 Å². The lowest BCUT2D eigenvalue weighted by atomic mass is 9.82. The molecule has 0 aromatic heterocycles. The van der Waals surface area contributed by atoms with Crippen molar-refractivity contribution < 1.29 is 20.1 Å². The summed E-state index contributed by atoms with van der Waals surface area (Å²) in [7, 11) is 0. The maximum Gasteiger partial charge on any atom is 0.303 e. The summed E-state index contributed by atoms with van der Waals surface area (Å²) in [6.45, 7) is 0. The van der Waals surface area contributed by atoms with Crippen LogP contribution in [0.4, 0.5) is 0 Å². The lowest BCUT2D eigenvalue weighted by molar-refractivity contribution is -0.137. The van der Waals surface area contributed by atoms with Gasteiger partial charge in [0.25, 0.3) is 0 Å². The summed E-state index contributed by atoms with van der Waals surface area (Å²) in [4.78, 5) is 15.4. The molecule has 154 valence electrons. The van der Waals surface area contributed by atoms with Crippen molar-refractivity contribution in [3.8, 4) is 12.3 Å². The minimum Gasteiger partial charge on any atom is -0.481 e. The highest BCUT2D eigenvalue weighted by atomic mass is 32.2. The third-order valence-corrected chi connectivity index (χ3v) is 7.56. The van der Waals surface area contributed by atoms with Crippen molar-refractivity contribution in [2.75, 3.05) is 5.75 Å². The van der Waals surface area contributed by atoms with Crippen molar-refractivity contribution in [3.05, 3.63) is 12.2 Å². The van der Waals surface area contributed by atoms with Crippen molar-refractivity contribution in [2.24, 2.45) is 22.7 Å². The standard InChI is InChI=1S/C22H31NO4S/c1-2-22-14-19(25)16(10-11-18(24)15-7-4-3-5-8-15)17(22)13-20(23-22)28-12-6-9-21(26)27/h1,10-11,15-19,24-25H,3-9,12-14H2,(H,26,27). The highest BCUT2D eigenvalue weighted by Gasteiger charge is 2.55. The number of aliphatic hydroxyl groups is 2. The fraction of sp³-hybridized carbons (Fsp3) is 0.727. The molecule has 3 N–H and O–H groups in total. The number of carbonyl (C=O) groups is 1. The number of aliphatic hydroxyl groups excluding tert-OH is 2. The summed E-state index contributed by atoms with van der Waals surface area (Å²) < 4.78 is 0. The summed E-state index contributed by atoms with van der Waals surface area (Å²) in [5.41, 5.74) is -0.667. The Balaban J connectivity index is 1.61. The maximum atomic E-state index is 10.7. The molecule has 2 aliphatic carbocycles. The molecular weight excluding hydrogens is 374 g/mol. The smallest absolute Gasteiger partial charge is 0.303 e. The fourth-order valence-corrected chi connectivity index (χ4v) is 5.97. The minimum atomic E-state index is -0.782. The zero-order chi connectivity index (χ0) is 20.1. The molecule has 3 aliphatic rings. The second-order valence-corrected chi connectivity index (χ2v) is 9.52. The Hall–Kier alpha value is -1.29. The van der Waals surface area contributed by atoms with Gasteiger partial charge in [0.1, 0.15) is 5.54 Å². The molecule has 0 radical (unpaired) electrons. The number of terminal acetylenes is 1. The molecule has 5 unspecified atom stereocenters. The molecule has 1 aliphatic heterocycles. The van der Waals surface area contributed by atoms with Crippen molar-refractivity contribution in [3.63, 3.8) is 0 Å². The maximum absolute atomic E-state index is 10.7. The van der Waals surface area contributed by atoms with E-state index in [2.05, 4.69) is 5.92 Å². The van der Waals surface area contributed by atoms with E-state index in [4.69, 9.17) is 16.5 Å². The Morgan fingerprint density at radius 1 is 1.39 bits per heavy atom. The van der Waals surface area contributed by atoms with Crippen LogP contribution in [-0.2, 0) is 4.79 Å². The molecule has 0 spiro atoms. The lowest BCUT2D eigenvalue weighted by Crippen LogP contribution is -2.27. The Kier molecular flexibility index (Phi) is 7.25. The van der Waals surface area contributed by atoms with E-state index < -0.39 is 23.7 Å². The quantitative estimate of drug-likeness (QED) is 0.344. The van der Waals surface area contributed by atoms with Crippen molar-refractivity contribution in [1.82, 2.24) is 0 Å². The molecule has 5 nitrogen and oxygen atoms in total. The second-order valence-electron chi connectivity index (χ2n) is 8.35. The molecule has 0 saturated heterocycles. The summed E-state index contributed by atoms with van der Waals surface area (Å²) in [6, 6.07) is 0. The average molecular weight is 406 g/mol. The predicted octanol–water partition coefficient (Wildman–Crippen LogP) is 3.25. The Labute approximate surface area is 171 Å². The molecule has 1 heterocycles. The summed E-state index contributed by atoms with van der Waals surface area (Å²) in [6.07, 6.45) is 16.4. The normalized spacial score (nSPS) is 34.2. The SMILES string of the molecule is C#CC12CC(O)C(C=CC(O)C3CCCCC3)C1CC(SCCCC(=O)O)=N2. The van der Waals surface area contributed by atoms with Gasteiger partial charge in [-0.1, -0.05) is 37.3 Å². The van der Waals surface area contributed by atoms with Gasteiger partial charge in [-0.05, 0) is 30.9 Å². The van der Waals surface area contributed by atoms with Crippen LogP contribution in [0.2, 0.25) is 0 Å². The third-order valence-electron chi connectivity index (χ3n) is 6.48. The number of thioether (sulfide) groups is 1. The first-order valence-electron chi connectivity index (χ1n) is 10.4. The molecule has 28 heavy (non-hydrogen) atoms. The zero-order valence-corrected chi connectivity index (χ0v) is 17.1. The molecule has 0 aromatic carbocycles. The number of nitrogens with zero attached hydrogens (tertiary/aromatic N) is 1. The highest BCUT2D eigenvalue weighted by Crippen LogP contribution is 2.50. The van der Waals surface area contributed by atoms with Crippen molar-refractivity contribution in [2.45, 2.75) is 75.5 Å². The van der Waals surface area contributed by atoms with Gasteiger partial charge < -0.3 is 15.3 Å². The lowest BCUT2D eigenvalue weighted by Gasteiger charge is -2.25. The van der Waals surface area contributed by atoms with Gasteiger partial charge in [0, 0.05) is 31.1 Å². The molecule has 0 amide bonds. The van der Waals surface area contributed by atoms with Crippen LogP contribution in [0.15, 0.2) is 17.1 Å². The number of hydrogen-bond acceptors (Lipinski definition) is 5. The van der Waals surface area contributed by atoms with Crippen LogP contribution >= 0.6 is 11.8 Å². The molecule has 0 aromatic rings. The van der Waals surface area contributed by atoms with Crippen molar-refractivity contribution >= 4 is 22.8 Å². The number of rotatable bonds is 7. The van der Waals surface area contributed by atoms with E-state index in [-0.39, 0.29) is 18.3 Å². The van der Waals surface area contributed by atoms with E-state index in [1.807, 2.05) is 12.2 Å². The van der Waals surface area contributed by atoms with E-state index in [0.29, 0.717) is 30.9 Å². The topological polar surface area (TPSA) is 90.1 Å². The predicted molar refractivity (Wildman–Crippen MR) is 112 cm³/mol. The molecule has 2 fully saturated rings. The van der Waals surface area contributed by atoms with Crippen LogP contribution in [0, 0.1) is 30.1 Å². The van der Waals surface area contributed by atoms with E-state index in [1.165, 1.54) is 19.3 Å². The summed E-state index contributed by atoms with van der Waals surface area (Å²) in [5, 5.41) is 30.9. The highest BCUT2D eigenvalue weighted by molar-refractivity contribution is 8.13. The first kappa shape index (κ1) is 21.4. The van der Waals surface area contributed by atoms with Crippen LogP contribution < -0.4 is 0 Å². The summed E-state index contributed by atoms with van der Waals surface area (Å²) in [5.74, 6) is 3.03. The molecular formula is C22H31NO4S. The van der Waals surface area contributed by atoms with Crippen LogP contribution in [0.3, 0.4) is 0 Å². The van der Waals surface area contributed by atoms with Gasteiger partial charge in [0.05, 0.1) is 17.3 Å². The number of fused-ring (bicyclic) bond motifs is 1. The van der Waals surface area contributed by atoms with E-state index >= 15 is 0 Å². The van der Waals surface area contributed by atoms with Crippen LogP contribution in [-0.4, -0.2) is 49.8 Å². The van der Waals surface area contributed by atoms with Crippen LogP contribution in [0.25, 0.3) is 0 Å². The Bertz CT molecular complexity index is 664. The molecule has 5 atom stereocenters. The van der Waals surface area contributed by atoms with Gasteiger partial charge in [-0.15, -0.1) is 18.2 Å². The molecule has 0 bridgehead atoms. The van der Waals surface area contributed by atoms with E-state index in [0.717, 1.165) is 17.9 Å². The van der Waals surface area contributed by atoms with Gasteiger partial charge in [-0.25, -0.2) is 0 Å². The van der Waals surface area contributed by atoms with Crippen LogP contribution in [0.5, 0.6) is 0 Å². The van der Waals surface area contributed by atoms with Crippen LogP contribution in [0.1, 0.15) is 57.8 Å². The molecule has 2 saturated carbocycles. The number of carboxylic acid groups (broad SMARTS) is 1. The van der Waals surface area contributed by atoms with Gasteiger partial charge >= 0.3 is 5.97 Å². The zero-order valence-electron chi connectivity index (χ0n) is 16.3. The number of aliphatic carboxylic acids is 1. The minimum absolute atomic E-state index is 0.0456. The first-order valence-corrected chi connectivity index (χ1v) is 11.4. The summed E-state index contributed by atoms with van der Waals surface area (Å²) >= 11 is 1.58. The second kappa shape index (κ2) is 9.47. The number of hydrogen-bond donors (Lipinski definition) is 3. The largest absolute Gasteiger partial charge is 0.481 e. The van der Waals surface area contributed by atoms with E-state index in [1.54, 1.807) is 11.8 Å². The third kappa shape index (κ3) is 4.82. The van der Waals surface area contributed by atoms with Crippen molar-refractivity contribution in [1.29, 1.82) is 0 Å². The van der Waals surface area contributed by atoms with Gasteiger partial charge in [-0.3, -0.25) is 9.79 Å². The van der Waals surface area contributed by atoms with Gasteiger partial charge in [0.2, 0.25) is 0 Å². The Morgan fingerprint density at radius 3 is 2.82 bits per heavy atom. The fourth-order valence-electron chi connectivity index (χ4n) is 4.92. The molecule has 3 rings (SSSR count). The van der Waals surface area contributed by atoms with Gasteiger partial charge in [0.15, 0.2) is 0 Å². The number of aliphatic imine (C=N–C) groups is 1. The van der Waals surface area contributed by atoms with E-state index in [9.17, 15) is 15.0 Å². The first-order chi connectivity index (χ1) is 13.4. The molecule has 6 heteroatoms. The monoisotopic (exact) mass is 405 g/mol. The Morgan fingerprint density at radius 2 is 2.14 bits per heavy atom. The average Bonchev–Trinajstić information content (AvgIpc) is 3.16.